The van der Waals surface area contributed by atoms with Crippen molar-refractivity contribution in [2.24, 2.45) is 5.10 Å². The summed E-state index contributed by atoms with van der Waals surface area (Å²) >= 11 is 6.01. The molecule has 168 valence electrons. The molecule has 3 aromatic carbocycles. The summed E-state index contributed by atoms with van der Waals surface area (Å²) < 4.78 is 10.7. The summed E-state index contributed by atoms with van der Waals surface area (Å²) in [4.78, 5) is 36.2. The molecule has 3 rings (SSSR count). The first-order valence-corrected chi connectivity index (χ1v) is 10.3. The van der Waals surface area contributed by atoms with Gasteiger partial charge in [0.25, 0.3) is 0 Å². The average molecular weight is 466 g/mol. The number of anilines is 1. The Morgan fingerprint density at radius 2 is 1.70 bits per heavy atom. The Kier molecular flexibility index (Phi) is 8.15. The van der Waals surface area contributed by atoms with Crippen molar-refractivity contribution in [1.29, 1.82) is 0 Å². The summed E-state index contributed by atoms with van der Waals surface area (Å²) in [6.07, 6.45) is 1.31. The highest BCUT2D eigenvalue weighted by Crippen LogP contribution is 2.19. The van der Waals surface area contributed by atoms with E-state index in [1.165, 1.54) is 6.21 Å². The van der Waals surface area contributed by atoms with Gasteiger partial charge in [-0.3, -0.25) is 9.59 Å². The minimum atomic E-state index is -0.943. The van der Waals surface area contributed by atoms with Crippen molar-refractivity contribution >= 4 is 41.3 Å². The van der Waals surface area contributed by atoms with Gasteiger partial charge in [-0.2, -0.15) is 5.10 Å². The van der Waals surface area contributed by atoms with Crippen molar-refractivity contribution < 1.29 is 23.9 Å². The molecular formula is C24H20ClN3O5. The van der Waals surface area contributed by atoms with Crippen LogP contribution in [0.5, 0.6) is 11.5 Å². The van der Waals surface area contributed by atoms with E-state index in [1.54, 1.807) is 72.8 Å². The van der Waals surface area contributed by atoms with Crippen LogP contribution >= 0.6 is 11.6 Å². The smallest absolute Gasteiger partial charge is 0.345 e. The normalized spacial score (nSPS) is 10.5. The maximum Gasteiger partial charge on any atom is 0.345 e. The minimum Gasteiger partial charge on any atom is -0.494 e. The zero-order chi connectivity index (χ0) is 23.6. The van der Waals surface area contributed by atoms with Crippen LogP contribution in [0.3, 0.4) is 0 Å². The van der Waals surface area contributed by atoms with Gasteiger partial charge in [-0.15, -0.1) is 0 Å². The average Bonchev–Trinajstić information content (AvgIpc) is 2.81. The van der Waals surface area contributed by atoms with Crippen LogP contribution in [0.2, 0.25) is 5.02 Å². The van der Waals surface area contributed by atoms with E-state index in [0.717, 1.165) is 0 Å². The molecule has 2 amide bonds. The van der Waals surface area contributed by atoms with Gasteiger partial charge in [0, 0.05) is 5.69 Å². The van der Waals surface area contributed by atoms with Gasteiger partial charge >= 0.3 is 17.8 Å². The fourth-order valence-electron chi connectivity index (χ4n) is 2.65. The predicted molar refractivity (Wildman–Crippen MR) is 125 cm³/mol. The van der Waals surface area contributed by atoms with Crippen LogP contribution in [0.15, 0.2) is 77.9 Å². The first-order chi connectivity index (χ1) is 16.0. The van der Waals surface area contributed by atoms with Crippen LogP contribution < -0.4 is 20.2 Å². The number of amides is 2. The molecule has 0 aliphatic rings. The Bertz CT molecular complexity index is 1180. The molecule has 0 unspecified atom stereocenters. The monoisotopic (exact) mass is 465 g/mol. The van der Waals surface area contributed by atoms with Gasteiger partial charge in [-0.05, 0) is 61.0 Å². The number of halogens is 1. The van der Waals surface area contributed by atoms with Crippen molar-refractivity contribution in [1.82, 2.24) is 5.43 Å². The van der Waals surface area contributed by atoms with Crippen LogP contribution in [-0.2, 0) is 9.59 Å². The molecule has 0 spiro atoms. The van der Waals surface area contributed by atoms with Gasteiger partial charge in [0.2, 0.25) is 0 Å². The Labute approximate surface area is 195 Å². The van der Waals surface area contributed by atoms with Crippen LogP contribution in [0.1, 0.15) is 22.8 Å². The topological polar surface area (TPSA) is 106 Å². The highest BCUT2D eigenvalue weighted by molar-refractivity contribution is 6.39. The quantitative estimate of drug-likeness (QED) is 0.180. The Morgan fingerprint density at radius 3 is 2.42 bits per heavy atom. The second kappa shape index (κ2) is 11.4. The Balaban J connectivity index is 1.54. The number of hydrogen-bond donors (Lipinski definition) is 2. The summed E-state index contributed by atoms with van der Waals surface area (Å²) in [5.41, 5.74) is 3.36. The lowest BCUT2D eigenvalue weighted by Gasteiger charge is -2.07. The third-order valence-electron chi connectivity index (χ3n) is 4.17. The van der Waals surface area contributed by atoms with E-state index < -0.39 is 17.8 Å². The first-order valence-electron chi connectivity index (χ1n) is 9.90. The number of benzene rings is 3. The summed E-state index contributed by atoms with van der Waals surface area (Å²) in [7, 11) is 0. The third kappa shape index (κ3) is 6.91. The Morgan fingerprint density at radius 1 is 0.939 bits per heavy atom. The maximum absolute atomic E-state index is 12.3. The van der Waals surface area contributed by atoms with Crippen molar-refractivity contribution in [3.63, 3.8) is 0 Å². The molecule has 3 aromatic rings. The summed E-state index contributed by atoms with van der Waals surface area (Å²) in [5, 5.41) is 6.51. The van der Waals surface area contributed by atoms with E-state index in [1.807, 2.05) is 6.92 Å². The van der Waals surface area contributed by atoms with Gasteiger partial charge in [0.15, 0.2) is 0 Å². The molecule has 33 heavy (non-hydrogen) atoms. The number of rotatable bonds is 7. The fraction of sp³-hybridized carbons (Fsp3) is 0.0833. The number of nitrogens with zero attached hydrogens (tertiary/aromatic N) is 1. The van der Waals surface area contributed by atoms with Crippen LogP contribution in [0.25, 0.3) is 0 Å². The standard InChI is InChI=1S/C24H20ClN3O5/c1-2-32-18-12-10-17(11-13-18)27-22(29)23(30)28-26-15-16-6-5-7-19(14-16)33-24(31)20-8-3-4-9-21(20)25/h3-15H,2H2,1H3,(H,27,29)(H,28,30)/b26-15+. The molecule has 8 nitrogen and oxygen atoms in total. The summed E-state index contributed by atoms with van der Waals surface area (Å²) in [6, 6.07) is 19.6. The molecule has 0 bridgehead atoms. The lowest BCUT2D eigenvalue weighted by Crippen LogP contribution is -2.32. The van der Waals surface area contributed by atoms with Crippen molar-refractivity contribution in [2.45, 2.75) is 6.92 Å². The molecule has 0 heterocycles. The van der Waals surface area contributed by atoms with Crippen LogP contribution in [-0.4, -0.2) is 30.6 Å². The molecule has 0 saturated carbocycles. The first kappa shape index (κ1) is 23.5. The number of carbonyl (C=O) groups is 3. The zero-order valence-corrected chi connectivity index (χ0v) is 18.3. The summed E-state index contributed by atoms with van der Waals surface area (Å²) in [6.45, 7) is 2.39. The second-order valence-electron chi connectivity index (χ2n) is 6.55. The number of nitrogens with one attached hydrogen (secondary N) is 2. The number of esters is 1. The molecule has 0 aliphatic carbocycles. The lowest BCUT2D eigenvalue weighted by molar-refractivity contribution is -0.136. The molecule has 2 N–H and O–H groups in total. The van der Waals surface area contributed by atoms with E-state index >= 15 is 0 Å². The van der Waals surface area contributed by atoms with Gasteiger partial charge in [0.1, 0.15) is 11.5 Å². The molecule has 0 atom stereocenters. The van der Waals surface area contributed by atoms with Crippen molar-refractivity contribution in [3.05, 3.63) is 88.9 Å². The highest BCUT2D eigenvalue weighted by atomic mass is 35.5. The largest absolute Gasteiger partial charge is 0.494 e. The van der Waals surface area contributed by atoms with Crippen LogP contribution in [0.4, 0.5) is 5.69 Å². The molecule has 0 saturated heterocycles. The van der Waals surface area contributed by atoms with E-state index in [2.05, 4.69) is 15.8 Å². The van der Waals surface area contributed by atoms with Crippen LogP contribution in [0, 0.1) is 0 Å². The number of carbonyl (C=O) groups excluding carboxylic acids is 3. The molecule has 9 heteroatoms. The molecule has 0 radical (unpaired) electrons. The van der Waals surface area contributed by atoms with E-state index in [9.17, 15) is 14.4 Å². The molecule has 0 aromatic heterocycles. The third-order valence-corrected chi connectivity index (χ3v) is 4.50. The Hall–Kier alpha value is -4.17. The lowest BCUT2D eigenvalue weighted by atomic mass is 10.2. The van der Waals surface area contributed by atoms with Crippen molar-refractivity contribution in [3.8, 4) is 11.5 Å². The van der Waals surface area contributed by atoms with E-state index in [-0.39, 0.29) is 16.3 Å². The van der Waals surface area contributed by atoms with Gasteiger partial charge in [-0.1, -0.05) is 35.9 Å². The second-order valence-corrected chi connectivity index (χ2v) is 6.96. The SMILES string of the molecule is CCOc1ccc(NC(=O)C(=O)N/N=C/c2cccc(OC(=O)c3ccccc3Cl)c2)cc1. The van der Waals surface area contributed by atoms with Gasteiger partial charge in [0.05, 0.1) is 23.4 Å². The fourth-order valence-corrected chi connectivity index (χ4v) is 2.87. The number of hydrogen-bond acceptors (Lipinski definition) is 6. The maximum atomic E-state index is 12.3. The van der Waals surface area contributed by atoms with E-state index in [0.29, 0.717) is 23.6 Å². The minimum absolute atomic E-state index is 0.240. The predicted octanol–water partition coefficient (Wildman–Crippen LogP) is 4.05. The number of hydrazone groups is 1. The zero-order valence-electron chi connectivity index (χ0n) is 17.6. The molecular weight excluding hydrogens is 446 g/mol. The van der Waals surface area contributed by atoms with Gasteiger partial charge < -0.3 is 14.8 Å². The number of ether oxygens (including phenoxy) is 2. The van der Waals surface area contributed by atoms with E-state index in [4.69, 9.17) is 21.1 Å². The molecule has 0 fully saturated rings. The van der Waals surface area contributed by atoms with Gasteiger partial charge in [-0.25, -0.2) is 10.2 Å². The molecule has 0 aliphatic heterocycles. The van der Waals surface area contributed by atoms with Crippen molar-refractivity contribution in [2.75, 3.05) is 11.9 Å². The highest BCUT2D eigenvalue weighted by Gasteiger charge is 2.14. The summed E-state index contributed by atoms with van der Waals surface area (Å²) in [5.74, 6) is -1.50.